The predicted molar refractivity (Wildman–Crippen MR) is 74.5 cm³/mol. The minimum atomic E-state index is 0.552. The summed E-state index contributed by atoms with van der Waals surface area (Å²) in [6, 6.07) is 14.1. The van der Waals surface area contributed by atoms with E-state index in [1.807, 2.05) is 30.3 Å². The van der Waals surface area contributed by atoms with Gasteiger partial charge in [0.1, 0.15) is 5.58 Å². The third kappa shape index (κ3) is 1.69. The van der Waals surface area contributed by atoms with Crippen molar-refractivity contribution in [1.82, 2.24) is 0 Å². The van der Waals surface area contributed by atoms with Crippen LogP contribution in [-0.2, 0) is 0 Å². The van der Waals surface area contributed by atoms with Crippen molar-refractivity contribution >= 4 is 34.6 Å². The van der Waals surface area contributed by atoms with E-state index in [0.29, 0.717) is 5.75 Å². The molecule has 3 aromatic rings. The molecule has 0 bridgehead atoms. The minimum Gasteiger partial charge on any atom is -0.455 e. The predicted octanol–water partition coefficient (Wildman–Crippen LogP) is 3.87. The molecule has 0 aliphatic rings. The normalized spacial score (nSPS) is 10.4. The number of furan rings is 1. The average Bonchev–Trinajstić information content (AvgIpc) is 2.75. The van der Waals surface area contributed by atoms with Crippen LogP contribution in [-0.4, -0.2) is 5.75 Å². The van der Waals surface area contributed by atoms with Crippen LogP contribution in [0.25, 0.3) is 21.9 Å². The fraction of sp³-hybridized carbons (Fsp3) is 0.0667. The Bertz CT molecular complexity index is 744. The zero-order valence-corrected chi connectivity index (χ0v) is 10.00. The number of para-hydroxylation sites is 2. The second-order valence-corrected chi connectivity index (χ2v) is 4.06. The van der Waals surface area contributed by atoms with Gasteiger partial charge in [0.15, 0.2) is 5.58 Å². The first-order valence-corrected chi connectivity index (χ1v) is 6.03. The molecule has 0 saturated heterocycles. The molecule has 2 aromatic carbocycles. The zero-order chi connectivity index (χ0) is 11.7. The van der Waals surface area contributed by atoms with Gasteiger partial charge in [-0.2, -0.15) is 12.6 Å². The lowest BCUT2D eigenvalue weighted by molar-refractivity contribution is 0.668. The molecule has 0 saturated carbocycles. The minimum absolute atomic E-state index is 0.552. The van der Waals surface area contributed by atoms with Crippen LogP contribution in [0.3, 0.4) is 0 Å². The van der Waals surface area contributed by atoms with E-state index in [2.05, 4.69) is 36.6 Å². The molecular weight excluding hydrogens is 228 g/mol. The van der Waals surface area contributed by atoms with Gasteiger partial charge in [0.25, 0.3) is 0 Å². The summed E-state index contributed by atoms with van der Waals surface area (Å²) >= 11 is 4.09. The lowest BCUT2D eigenvalue weighted by Gasteiger charge is -1.91. The summed E-state index contributed by atoms with van der Waals surface area (Å²) in [6.45, 7) is 0. The number of hydrogen-bond acceptors (Lipinski definition) is 2. The second-order valence-electron chi connectivity index (χ2n) is 3.74. The standard InChI is InChI=1S/C15H10OS/c17-10-4-6-11-5-3-8-13-12-7-1-2-9-14(12)16-15(11)13/h1-3,5,7-9,17H,10H2. The molecule has 0 unspecified atom stereocenters. The highest BCUT2D eigenvalue weighted by Crippen LogP contribution is 2.30. The van der Waals surface area contributed by atoms with E-state index in [9.17, 15) is 0 Å². The van der Waals surface area contributed by atoms with E-state index in [0.717, 1.165) is 27.5 Å². The van der Waals surface area contributed by atoms with Crippen LogP contribution in [0.5, 0.6) is 0 Å². The number of thiol groups is 1. The maximum absolute atomic E-state index is 5.85. The Balaban J connectivity index is 2.39. The number of rotatable bonds is 0. The van der Waals surface area contributed by atoms with Gasteiger partial charge in [0.05, 0.1) is 11.3 Å². The van der Waals surface area contributed by atoms with E-state index in [4.69, 9.17) is 4.42 Å². The van der Waals surface area contributed by atoms with Crippen molar-refractivity contribution in [1.29, 1.82) is 0 Å². The maximum atomic E-state index is 5.85. The molecule has 0 aliphatic carbocycles. The van der Waals surface area contributed by atoms with Crippen molar-refractivity contribution < 1.29 is 4.42 Å². The van der Waals surface area contributed by atoms with Crippen LogP contribution in [0, 0.1) is 11.8 Å². The summed E-state index contributed by atoms with van der Waals surface area (Å²) in [5.74, 6) is 6.59. The molecule has 0 aliphatic heterocycles. The Morgan fingerprint density at radius 2 is 1.82 bits per heavy atom. The summed E-state index contributed by atoms with van der Waals surface area (Å²) in [5.41, 5.74) is 2.69. The summed E-state index contributed by atoms with van der Waals surface area (Å²) in [5, 5.41) is 2.25. The number of hydrogen-bond donors (Lipinski definition) is 1. The molecule has 0 amide bonds. The van der Waals surface area contributed by atoms with Gasteiger partial charge in [0, 0.05) is 10.8 Å². The molecule has 17 heavy (non-hydrogen) atoms. The molecule has 3 rings (SSSR count). The molecule has 1 nitrogen and oxygen atoms in total. The van der Waals surface area contributed by atoms with E-state index >= 15 is 0 Å². The van der Waals surface area contributed by atoms with E-state index < -0.39 is 0 Å². The molecule has 2 heteroatoms. The highest BCUT2D eigenvalue weighted by atomic mass is 32.1. The quantitative estimate of drug-likeness (QED) is 0.463. The van der Waals surface area contributed by atoms with Gasteiger partial charge < -0.3 is 4.42 Å². The zero-order valence-electron chi connectivity index (χ0n) is 9.10. The van der Waals surface area contributed by atoms with Crippen molar-refractivity contribution in [2.75, 3.05) is 5.75 Å². The first kappa shape index (κ1) is 10.3. The van der Waals surface area contributed by atoms with Gasteiger partial charge in [-0.05, 0) is 12.1 Å². The van der Waals surface area contributed by atoms with Crippen LogP contribution in [0.15, 0.2) is 46.9 Å². The maximum Gasteiger partial charge on any atom is 0.151 e. The second kappa shape index (κ2) is 4.20. The number of fused-ring (bicyclic) bond motifs is 3. The van der Waals surface area contributed by atoms with Crippen LogP contribution < -0.4 is 0 Å². The van der Waals surface area contributed by atoms with Crippen molar-refractivity contribution in [2.24, 2.45) is 0 Å². The van der Waals surface area contributed by atoms with Gasteiger partial charge in [-0.25, -0.2) is 0 Å². The Hall–Kier alpha value is -1.85. The van der Waals surface area contributed by atoms with E-state index in [1.165, 1.54) is 0 Å². The van der Waals surface area contributed by atoms with Crippen molar-refractivity contribution in [2.45, 2.75) is 0 Å². The van der Waals surface area contributed by atoms with E-state index in [1.54, 1.807) is 0 Å². The van der Waals surface area contributed by atoms with Gasteiger partial charge in [-0.3, -0.25) is 0 Å². The Kier molecular flexibility index (Phi) is 2.55. The topological polar surface area (TPSA) is 13.1 Å². The van der Waals surface area contributed by atoms with Crippen molar-refractivity contribution in [3.8, 4) is 11.8 Å². The molecular formula is C15H10OS. The third-order valence-corrected chi connectivity index (χ3v) is 2.86. The highest BCUT2D eigenvalue weighted by Gasteiger charge is 2.08. The summed E-state index contributed by atoms with van der Waals surface area (Å²) in [4.78, 5) is 0. The number of benzene rings is 2. The van der Waals surface area contributed by atoms with E-state index in [-0.39, 0.29) is 0 Å². The molecule has 0 N–H and O–H groups in total. The van der Waals surface area contributed by atoms with Crippen LogP contribution in [0.4, 0.5) is 0 Å². The smallest absolute Gasteiger partial charge is 0.151 e. The van der Waals surface area contributed by atoms with Gasteiger partial charge in [-0.1, -0.05) is 42.2 Å². The Morgan fingerprint density at radius 1 is 1.00 bits per heavy atom. The van der Waals surface area contributed by atoms with Gasteiger partial charge in [-0.15, -0.1) is 0 Å². The fourth-order valence-corrected chi connectivity index (χ4v) is 2.06. The lowest BCUT2D eigenvalue weighted by atomic mass is 10.1. The van der Waals surface area contributed by atoms with Crippen molar-refractivity contribution in [3.63, 3.8) is 0 Å². The monoisotopic (exact) mass is 238 g/mol. The molecule has 1 heterocycles. The molecule has 0 fully saturated rings. The lowest BCUT2D eigenvalue weighted by Crippen LogP contribution is -1.75. The first-order chi connectivity index (χ1) is 8.40. The Labute approximate surface area is 105 Å². The summed E-state index contributed by atoms with van der Waals surface area (Å²) in [6.07, 6.45) is 0. The molecule has 0 spiro atoms. The average molecular weight is 238 g/mol. The highest BCUT2D eigenvalue weighted by molar-refractivity contribution is 7.80. The van der Waals surface area contributed by atoms with Crippen LogP contribution >= 0.6 is 12.6 Å². The van der Waals surface area contributed by atoms with Crippen LogP contribution in [0.1, 0.15) is 5.56 Å². The third-order valence-electron chi connectivity index (χ3n) is 2.71. The van der Waals surface area contributed by atoms with Gasteiger partial charge in [0.2, 0.25) is 0 Å². The summed E-state index contributed by atoms with van der Waals surface area (Å²) < 4.78 is 5.85. The molecule has 82 valence electrons. The Morgan fingerprint density at radius 3 is 2.71 bits per heavy atom. The summed E-state index contributed by atoms with van der Waals surface area (Å²) in [7, 11) is 0. The SMILES string of the molecule is SCC#Cc1cccc2c1oc1ccccc12. The van der Waals surface area contributed by atoms with Gasteiger partial charge >= 0.3 is 0 Å². The van der Waals surface area contributed by atoms with Crippen molar-refractivity contribution in [3.05, 3.63) is 48.0 Å². The first-order valence-electron chi connectivity index (χ1n) is 5.40. The molecule has 0 radical (unpaired) electrons. The molecule has 1 aromatic heterocycles. The largest absolute Gasteiger partial charge is 0.455 e. The van der Waals surface area contributed by atoms with Crippen LogP contribution in [0.2, 0.25) is 0 Å². The molecule has 0 atom stereocenters. The fourth-order valence-electron chi connectivity index (χ4n) is 1.98.